The average molecular weight is 415 g/mol. The predicted octanol–water partition coefficient (Wildman–Crippen LogP) is 4.70. The lowest BCUT2D eigenvalue weighted by atomic mass is 10.0. The normalized spacial score (nSPS) is 11.3. The first-order chi connectivity index (χ1) is 13.7. The van der Waals surface area contributed by atoms with Gasteiger partial charge in [0.15, 0.2) is 0 Å². The van der Waals surface area contributed by atoms with Gasteiger partial charge in [0.25, 0.3) is 17.5 Å². The number of fused-ring (bicyclic) bond motifs is 1. The molecule has 2 amide bonds. The number of benzene rings is 1. The Labute approximate surface area is 173 Å². The molecular formula is C21H23ClN4O3. The zero-order valence-corrected chi connectivity index (χ0v) is 17.7. The molecule has 8 heteroatoms. The van der Waals surface area contributed by atoms with E-state index in [1.165, 1.54) is 0 Å². The van der Waals surface area contributed by atoms with Gasteiger partial charge in [-0.15, -0.1) is 0 Å². The van der Waals surface area contributed by atoms with Crippen molar-refractivity contribution in [2.75, 3.05) is 5.32 Å². The van der Waals surface area contributed by atoms with Crippen LogP contribution in [0.2, 0.25) is 5.02 Å². The molecule has 0 saturated heterocycles. The molecule has 0 fully saturated rings. The maximum Gasteiger partial charge on any atom is 0.259 e. The van der Waals surface area contributed by atoms with Gasteiger partial charge in [-0.3, -0.25) is 9.59 Å². The van der Waals surface area contributed by atoms with Crippen LogP contribution < -0.4 is 10.6 Å². The number of amides is 2. The number of nitrogens with zero attached hydrogens (tertiary/aromatic N) is 2. The second kappa shape index (κ2) is 8.21. The van der Waals surface area contributed by atoms with E-state index in [4.69, 9.17) is 16.1 Å². The highest BCUT2D eigenvalue weighted by molar-refractivity contribution is 6.34. The molecule has 29 heavy (non-hydrogen) atoms. The van der Waals surface area contributed by atoms with Crippen molar-refractivity contribution in [1.29, 1.82) is 0 Å². The minimum atomic E-state index is -0.381. The summed E-state index contributed by atoms with van der Waals surface area (Å²) in [6.07, 6.45) is 0. The number of carbonyl (C=O) groups is 2. The lowest BCUT2D eigenvalue weighted by molar-refractivity contribution is 0.0942. The van der Waals surface area contributed by atoms with Crippen molar-refractivity contribution in [3.05, 3.63) is 51.8 Å². The zero-order valence-electron chi connectivity index (χ0n) is 17.0. The SMILES string of the molecule is Cc1noc2nc(C(C)C)cc(C(=O)Nc3cc(C(=O)NC(C)C)ccc3Cl)c12. The average Bonchev–Trinajstić information content (AvgIpc) is 3.03. The van der Waals surface area contributed by atoms with Gasteiger partial charge in [-0.2, -0.15) is 0 Å². The minimum absolute atomic E-state index is 0.00709. The van der Waals surface area contributed by atoms with Crippen molar-refractivity contribution in [2.45, 2.75) is 46.6 Å². The summed E-state index contributed by atoms with van der Waals surface area (Å²) in [4.78, 5) is 29.8. The minimum Gasteiger partial charge on any atom is -0.350 e. The highest BCUT2D eigenvalue weighted by Crippen LogP contribution is 2.28. The number of nitrogens with one attached hydrogen (secondary N) is 2. The second-order valence-corrected chi connectivity index (χ2v) is 7.88. The topological polar surface area (TPSA) is 97.1 Å². The number of halogens is 1. The van der Waals surface area contributed by atoms with Crippen LogP contribution in [0.15, 0.2) is 28.8 Å². The maximum absolute atomic E-state index is 13.1. The van der Waals surface area contributed by atoms with Gasteiger partial charge in [0, 0.05) is 17.3 Å². The molecule has 0 radical (unpaired) electrons. The molecule has 0 bridgehead atoms. The second-order valence-electron chi connectivity index (χ2n) is 7.47. The molecule has 1 aromatic carbocycles. The van der Waals surface area contributed by atoms with Crippen molar-refractivity contribution >= 4 is 40.2 Å². The van der Waals surface area contributed by atoms with Crippen molar-refractivity contribution in [2.24, 2.45) is 0 Å². The Morgan fingerprint density at radius 1 is 1.10 bits per heavy atom. The smallest absolute Gasteiger partial charge is 0.259 e. The van der Waals surface area contributed by atoms with E-state index >= 15 is 0 Å². The van der Waals surface area contributed by atoms with Gasteiger partial charge in [0.2, 0.25) is 0 Å². The summed E-state index contributed by atoms with van der Waals surface area (Å²) >= 11 is 6.26. The number of carbonyl (C=O) groups excluding carboxylic acids is 2. The van der Waals surface area contributed by atoms with Crippen molar-refractivity contribution in [1.82, 2.24) is 15.5 Å². The third kappa shape index (κ3) is 4.40. The summed E-state index contributed by atoms with van der Waals surface area (Å²) in [6.45, 7) is 9.46. The summed E-state index contributed by atoms with van der Waals surface area (Å²) in [5, 5.41) is 10.4. The molecule has 3 aromatic rings. The van der Waals surface area contributed by atoms with E-state index in [0.29, 0.717) is 38.6 Å². The van der Waals surface area contributed by atoms with E-state index in [1.54, 1.807) is 31.2 Å². The first kappa shape index (κ1) is 20.8. The molecule has 0 spiro atoms. The van der Waals surface area contributed by atoms with E-state index in [-0.39, 0.29) is 23.8 Å². The number of pyridine rings is 1. The van der Waals surface area contributed by atoms with Crippen LogP contribution in [0.4, 0.5) is 5.69 Å². The fourth-order valence-corrected chi connectivity index (χ4v) is 3.05. The van der Waals surface area contributed by atoms with E-state index in [2.05, 4.69) is 20.8 Å². The van der Waals surface area contributed by atoms with E-state index in [1.807, 2.05) is 27.7 Å². The number of rotatable bonds is 5. The van der Waals surface area contributed by atoms with Gasteiger partial charge in [0.05, 0.1) is 27.4 Å². The third-order valence-electron chi connectivity index (χ3n) is 4.37. The van der Waals surface area contributed by atoms with Gasteiger partial charge >= 0.3 is 0 Å². The highest BCUT2D eigenvalue weighted by Gasteiger charge is 2.21. The Hall–Kier alpha value is -2.93. The molecule has 7 nitrogen and oxygen atoms in total. The molecule has 0 aliphatic carbocycles. The van der Waals surface area contributed by atoms with Crippen LogP contribution in [0.1, 0.15) is 65.7 Å². The molecule has 3 rings (SSSR count). The van der Waals surface area contributed by atoms with Gasteiger partial charge in [-0.25, -0.2) is 4.98 Å². The van der Waals surface area contributed by atoms with E-state index < -0.39 is 0 Å². The summed E-state index contributed by atoms with van der Waals surface area (Å²) in [5.41, 5.74) is 2.75. The zero-order chi connectivity index (χ0) is 21.3. The quantitative estimate of drug-likeness (QED) is 0.630. The Balaban J connectivity index is 1.99. The number of aromatic nitrogens is 2. The molecule has 0 saturated carbocycles. The van der Waals surface area contributed by atoms with Crippen molar-refractivity contribution < 1.29 is 14.1 Å². The van der Waals surface area contributed by atoms with E-state index in [9.17, 15) is 9.59 Å². The summed E-state index contributed by atoms with van der Waals surface area (Å²) < 4.78 is 5.27. The first-order valence-corrected chi connectivity index (χ1v) is 9.73. The Bertz CT molecular complexity index is 1090. The summed E-state index contributed by atoms with van der Waals surface area (Å²) in [7, 11) is 0. The highest BCUT2D eigenvalue weighted by atomic mass is 35.5. The number of anilines is 1. The monoisotopic (exact) mass is 414 g/mol. The van der Waals surface area contributed by atoms with Crippen molar-refractivity contribution in [3.8, 4) is 0 Å². The molecule has 0 aliphatic heterocycles. The standard InChI is InChI=1S/C21H23ClN4O3/c1-10(2)16-9-14(18-12(5)26-29-21(18)25-16)20(28)24-17-8-13(6-7-15(17)22)19(27)23-11(3)4/h6-11H,1-5H3,(H,23,27)(H,24,28). The predicted molar refractivity (Wildman–Crippen MR) is 113 cm³/mol. The van der Waals surface area contributed by atoms with Crippen LogP contribution in [0.25, 0.3) is 11.1 Å². The van der Waals surface area contributed by atoms with Gasteiger partial charge in [0.1, 0.15) is 0 Å². The molecule has 2 aromatic heterocycles. The molecule has 2 N–H and O–H groups in total. The van der Waals surface area contributed by atoms with Crippen LogP contribution >= 0.6 is 11.6 Å². The molecule has 0 aliphatic rings. The van der Waals surface area contributed by atoms with Gasteiger partial charge in [-0.05, 0) is 51.0 Å². The van der Waals surface area contributed by atoms with Crippen LogP contribution in [-0.4, -0.2) is 28.0 Å². The Kier molecular flexibility index (Phi) is 5.88. The molecule has 152 valence electrons. The lowest BCUT2D eigenvalue weighted by Gasteiger charge is -2.13. The largest absolute Gasteiger partial charge is 0.350 e. The van der Waals surface area contributed by atoms with E-state index in [0.717, 1.165) is 5.69 Å². The summed E-state index contributed by atoms with van der Waals surface area (Å²) in [5.74, 6) is -0.521. The third-order valence-corrected chi connectivity index (χ3v) is 4.70. The lowest BCUT2D eigenvalue weighted by Crippen LogP contribution is -2.30. The number of hydrogen-bond donors (Lipinski definition) is 2. The number of aryl methyl sites for hydroxylation is 1. The van der Waals surface area contributed by atoms with Crippen LogP contribution in [0.3, 0.4) is 0 Å². The fraction of sp³-hybridized carbons (Fsp3) is 0.333. The number of hydrogen-bond acceptors (Lipinski definition) is 5. The van der Waals surface area contributed by atoms with Crippen LogP contribution in [0, 0.1) is 6.92 Å². The van der Waals surface area contributed by atoms with Crippen molar-refractivity contribution in [3.63, 3.8) is 0 Å². The van der Waals surface area contributed by atoms with Crippen LogP contribution in [-0.2, 0) is 0 Å². The van der Waals surface area contributed by atoms with Crippen LogP contribution in [0.5, 0.6) is 0 Å². The molecule has 0 atom stereocenters. The molecular weight excluding hydrogens is 392 g/mol. The first-order valence-electron chi connectivity index (χ1n) is 9.36. The Morgan fingerprint density at radius 2 is 1.83 bits per heavy atom. The Morgan fingerprint density at radius 3 is 2.48 bits per heavy atom. The molecule has 2 heterocycles. The molecule has 0 unspecified atom stereocenters. The summed E-state index contributed by atoms with van der Waals surface area (Å²) in [6, 6.07) is 6.48. The maximum atomic E-state index is 13.1. The van der Waals surface area contributed by atoms with Gasteiger partial charge < -0.3 is 15.2 Å². The fourth-order valence-electron chi connectivity index (χ4n) is 2.89. The van der Waals surface area contributed by atoms with Gasteiger partial charge in [-0.1, -0.05) is 30.6 Å².